The van der Waals surface area contributed by atoms with E-state index in [4.69, 9.17) is 0 Å². The van der Waals surface area contributed by atoms with Gasteiger partial charge in [-0.25, -0.2) is 0 Å². The van der Waals surface area contributed by atoms with Gasteiger partial charge in [-0.3, -0.25) is 14.9 Å². The molecule has 1 N–H and O–H groups in total. The van der Waals surface area contributed by atoms with Crippen LogP contribution in [0.1, 0.15) is 24.2 Å². The van der Waals surface area contributed by atoms with E-state index >= 15 is 0 Å². The van der Waals surface area contributed by atoms with Gasteiger partial charge >= 0.3 is 0 Å². The van der Waals surface area contributed by atoms with Crippen molar-refractivity contribution < 1.29 is 9.72 Å². The van der Waals surface area contributed by atoms with E-state index in [1.54, 1.807) is 18.2 Å². The minimum atomic E-state index is -0.495. The van der Waals surface area contributed by atoms with Crippen LogP contribution >= 0.6 is 0 Å². The van der Waals surface area contributed by atoms with Crippen LogP contribution < -0.4 is 10.2 Å². The number of hydrogen-bond acceptors (Lipinski definition) is 4. The van der Waals surface area contributed by atoms with Crippen molar-refractivity contribution in [1.82, 2.24) is 0 Å². The number of nitro benzene ring substituents is 1. The van der Waals surface area contributed by atoms with Crippen molar-refractivity contribution in [1.29, 1.82) is 0 Å². The molecule has 6 nitrogen and oxygen atoms in total. The average Bonchev–Trinajstić information content (AvgIpc) is 2.57. The monoisotopic (exact) mass is 313 g/mol. The molecule has 0 aliphatic heterocycles. The molecule has 0 spiro atoms. The molecule has 2 rings (SSSR count). The molecule has 0 bridgehead atoms. The van der Waals surface area contributed by atoms with Crippen molar-refractivity contribution in [3.05, 3.63) is 64.2 Å². The summed E-state index contributed by atoms with van der Waals surface area (Å²) in [5.41, 5.74) is 1.54. The first-order valence-electron chi connectivity index (χ1n) is 7.46. The number of nitrogens with zero attached hydrogens (tertiary/aromatic N) is 2. The van der Waals surface area contributed by atoms with Gasteiger partial charge in [0.05, 0.1) is 16.2 Å². The summed E-state index contributed by atoms with van der Waals surface area (Å²) < 4.78 is 0. The van der Waals surface area contributed by atoms with E-state index in [0.29, 0.717) is 30.0 Å². The summed E-state index contributed by atoms with van der Waals surface area (Å²) in [4.78, 5) is 25.1. The second-order valence-electron chi connectivity index (χ2n) is 4.95. The van der Waals surface area contributed by atoms with Crippen molar-refractivity contribution >= 4 is 23.0 Å². The van der Waals surface area contributed by atoms with Crippen LogP contribution in [0.5, 0.6) is 0 Å². The summed E-state index contributed by atoms with van der Waals surface area (Å²) in [5.74, 6) is -0.359. The third kappa shape index (κ3) is 3.85. The Kier molecular flexibility index (Phi) is 5.30. The quantitative estimate of drug-likeness (QED) is 0.652. The number of nitro groups is 1. The predicted octanol–water partition coefficient (Wildman–Crippen LogP) is 3.69. The van der Waals surface area contributed by atoms with Crippen LogP contribution in [0.3, 0.4) is 0 Å². The van der Waals surface area contributed by atoms with Crippen LogP contribution in [0.2, 0.25) is 0 Å². The van der Waals surface area contributed by atoms with E-state index in [1.807, 2.05) is 36.9 Å². The van der Waals surface area contributed by atoms with Crippen molar-refractivity contribution in [2.24, 2.45) is 0 Å². The van der Waals surface area contributed by atoms with E-state index < -0.39 is 4.92 Å². The van der Waals surface area contributed by atoms with Gasteiger partial charge in [-0.15, -0.1) is 0 Å². The summed E-state index contributed by atoms with van der Waals surface area (Å²) in [5, 5.41) is 13.8. The molecule has 0 fully saturated rings. The normalized spacial score (nSPS) is 10.2. The Morgan fingerprint density at radius 1 is 1.13 bits per heavy atom. The molecule has 23 heavy (non-hydrogen) atoms. The second-order valence-corrected chi connectivity index (χ2v) is 4.95. The van der Waals surface area contributed by atoms with Crippen molar-refractivity contribution in [2.75, 3.05) is 23.3 Å². The molecule has 0 unspecified atom stereocenters. The Morgan fingerprint density at radius 2 is 1.78 bits per heavy atom. The molecule has 0 radical (unpaired) electrons. The predicted molar refractivity (Wildman–Crippen MR) is 91.1 cm³/mol. The van der Waals surface area contributed by atoms with Crippen LogP contribution in [0.4, 0.5) is 17.1 Å². The maximum Gasteiger partial charge on any atom is 0.270 e. The van der Waals surface area contributed by atoms with Crippen LogP contribution in [0.25, 0.3) is 0 Å². The number of anilines is 2. The minimum Gasteiger partial charge on any atom is -0.371 e. The molecular weight excluding hydrogens is 294 g/mol. The molecular formula is C17H19N3O3. The first-order chi connectivity index (χ1) is 11.1. The molecule has 120 valence electrons. The molecule has 2 aromatic carbocycles. The highest BCUT2D eigenvalue weighted by molar-refractivity contribution is 6.08. The number of carbonyl (C=O) groups excluding carboxylic acids is 1. The Labute approximate surface area is 134 Å². The average molecular weight is 313 g/mol. The molecule has 2 aromatic rings. The fourth-order valence-corrected chi connectivity index (χ4v) is 2.38. The van der Waals surface area contributed by atoms with E-state index in [2.05, 4.69) is 5.32 Å². The maximum absolute atomic E-state index is 12.6. The molecule has 0 heterocycles. The lowest BCUT2D eigenvalue weighted by Gasteiger charge is -2.23. The van der Waals surface area contributed by atoms with Gasteiger partial charge in [0, 0.05) is 30.9 Å². The van der Waals surface area contributed by atoms with Crippen LogP contribution in [-0.2, 0) is 0 Å². The number of para-hydroxylation sites is 1. The lowest BCUT2D eigenvalue weighted by molar-refractivity contribution is -0.384. The Morgan fingerprint density at radius 3 is 2.35 bits per heavy atom. The molecule has 1 amide bonds. The van der Waals surface area contributed by atoms with Gasteiger partial charge in [-0.1, -0.05) is 18.2 Å². The third-order valence-corrected chi connectivity index (χ3v) is 3.57. The fourth-order valence-electron chi connectivity index (χ4n) is 2.38. The molecule has 0 saturated carbocycles. The number of nitrogens with one attached hydrogen (secondary N) is 1. The second kappa shape index (κ2) is 7.40. The zero-order valence-corrected chi connectivity index (χ0v) is 13.2. The van der Waals surface area contributed by atoms with Crippen LogP contribution in [-0.4, -0.2) is 23.9 Å². The minimum absolute atomic E-state index is 0.0980. The molecule has 0 aliphatic carbocycles. The zero-order valence-electron chi connectivity index (χ0n) is 13.2. The lowest BCUT2D eigenvalue weighted by Crippen LogP contribution is -2.25. The topological polar surface area (TPSA) is 75.5 Å². The van der Waals surface area contributed by atoms with E-state index in [0.717, 1.165) is 0 Å². The fraction of sp³-hybridized carbons (Fsp3) is 0.235. The van der Waals surface area contributed by atoms with Gasteiger partial charge in [0.2, 0.25) is 0 Å². The van der Waals surface area contributed by atoms with E-state index in [-0.39, 0.29) is 11.6 Å². The first kappa shape index (κ1) is 16.5. The van der Waals surface area contributed by atoms with Gasteiger partial charge in [-0.05, 0) is 32.0 Å². The van der Waals surface area contributed by atoms with Gasteiger partial charge < -0.3 is 10.2 Å². The number of rotatable bonds is 6. The van der Waals surface area contributed by atoms with Gasteiger partial charge in [-0.2, -0.15) is 0 Å². The number of non-ortho nitro benzene ring substituents is 1. The first-order valence-corrected chi connectivity index (χ1v) is 7.46. The number of carbonyl (C=O) groups is 1. The Bertz CT molecular complexity index is 697. The van der Waals surface area contributed by atoms with Crippen molar-refractivity contribution in [3.63, 3.8) is 0 Å². The van der Waals surface area contributed by atoms with E-state index in [9.17, 15) is 14.9 Å². The number of amides is 1. The van der Waals surface area contributed by atoms with Crippen LogP contribution in [0.15, 0.2) is 48.5 Å². The standard InChI is InChI=1S/C17H19N3O3/c1-3-19(4-2)16-11-10-14(20(22)23)12-15(16)17(21)18-13-8-6-5-7-9-13/h5-12H,3-4H2,1-2H3,(H,18,21). The Hall–Kier alpha value is -2.89. The summed E-state index contributed by atoms with van der Waals surface area (Å²) in [7, 11) is 0. The van der Waals surface area contributed by atoms with Crippen molar-refractivity contribution in [2.45, 2.75) is 13.8 Å². The summed E-state index contributed by atoms with van der Waals surface area (Å²) in [6, 6.07) is 13.4. The van der Waals surface area contributed by atoms with Gasteiger partial charge in [0.1, 0.15) is 0 Å². The highest BCUT2D eigenvalue weighted by Crippen LogP contribution is 2.26. The third-order valence-electron chi connectivity index (χ3n) is 3.57. The molecule has 0 aromatic heterocycles. The van der Waals surface area contributed by atoms with Gasteiger partial charge in [0.15, 0.2) is 0 Å². The molecule has 6 heteroatoms. The van der Waals surface area contributed by atoms with E-state index in [1.165, 1.54) is 12.1 Å². The molecule has 0 aliphatic rings. The summed E-state index contributed by atoms with van der Waals surface area (Å²) in [6.45, 7) is 5.37. The smallest absolute Gasteiger partial charge is 0.270 e. The van der Waals surface area contributed by atoms with Gasteiger partial charge in [0.25, 0.3) is 11.6 Å². The zero-order chi connectivity index (χ0) is 16.8. The van der Waals surface area contributed by atoms with Crippen molar-refractivity contribution in [3.8, 4) is 0 Å². The highest BCUT2D eigenvalue weighted by atomic mass is 16.6. The SMILES string of the molecule is CCN(CC)c1ccc([N+](=O)[O-])cc1C(=O)Nc1ccccc1. The lowest BCUT2D eigenvalue weighted by atomic mass is 10.1. The number of hydrogen-bond donors (Lipinski definition) is 1. The Balaban J connectivity index is 2.42. The molecule has 0 saturated heterocycles. The summed E-state index contributed by atoms with van der Waals surface area (Å²) in [6.07, 6.45) is 0. The largest absolute Gasteiger partial charge is 0.371 e. The highest BCUT2D eigenvalue weighted by Gasteiger charge is 2.19. The van der Waals surface area contributed by atoms with Crippen LogP contribution in [0, 0.1) is 10.1 Å². The summed E-state index contributed by atoms with van der Waals surface area (Å²) >= 11 is 0. The maximum atomic E-state index is 12.6. The molecule has 0 atom stereocenters. The number of benzene rings is 2.